The SMILES string of the molecule is CCC(C)NC(=O)c1ccc(NC(=O)CNc2cccc(OC(C)CC)c2)cc1. The topological polar surface area (TPSA) is 79.5 Å². The quantitative estimate of drug-likeness (QED) is 0.554. The molecule has 3 N–H and O–H groups in total. The van der Waals surface area contributed by atoms with Gasteiger partial charge in [0.25, 0.3) is 5.91 Å². The normalized spacial score (nSPS) is 12.6. The maximum absolute atomic E-state index is 12.2. The number of ether oxygens (including phenoxy) is 1. The summed E-state index contributed by atoms with van der Waals surface area (Å²) in [6.45, 7) is 8.20. The van der Waals surface area contributed by atoms with Gasteiger partial charge in [0.1, 0.15) is 5.75 Å². The summed E-state index contributed by atoms with van der Waals surface area (Å²) in [5.74, 6) is 0.490. The Labute approximate surface area is 173 Å². The van der Waals surface area contributed by atoms with Gasteiger partial charge < -0.3 is 20.7 Å². The zero-order valence-electron chi connectivity index (χ0n) is 17.6. The standard InChI is InChI=1S/C23H31N3O3/c1-5-16(3)25-23(28)18-10-12-19(13-11-18)26-22(27)15-24-20-8-7-9-21(14-20)29-17(4)6-2/h7-14,16-17,24H,5-6,15H2,1-4H3,(H,25,28)(H,26,27). The van der Waals surface area contributed by atoms with Crippen molar-refractivity contribution in [3.05, 3.63) is 54.1 Å². The van der Waals surface area contributed by atoms with E-state index in [4.69, 9.17) is 4.74 Å². The fraction of sp³-hybridized carbons (Fsp3) is 0.391. The molecule has 0 aliphatic rings. The van der Waals surface area contributed by atoms with E-state index in [1.807, 2.05) is 45.0 Å². The molecule has 2 aromatic rings. The van der Waals surface area contributed by atoms with Crippen molar-refractivity contribution < 1.29 is 14.3 Å². The van der Waals surface area contributed by atoms with Crippen LogP contribution >= 0.6 is 0 Å². The second-order valence-corrected chi connectivity index (χ2v) is 7.13. The molecule has 0 aliphatic carbocycles. The Kier molecular flexibility index (Phi) is 8.52. The lowest BCUT2D eigenvalue weighted by atomic mass is 10.1. The first-order valence-electron chi connectivity index (χ1n) is 10.1. The molecular formula is C23H31N3O3. The molecule has 0 saturated carbocycles. The highest BCUT2D eigenvalue weighted by atomic mass is 16.5. The Hall–Kier alpha value is -3.02. The number of hydrogen-bond acceptors (Lipinski definition) is 4. The summed E-state index contributed by atoms with van der Waals surface area (Å²) in [6, 6.07) is 14.5. The largest absolute Gasteiger partial charge is 0.491 e. The van der Waals surface area contributed by atoms with Crippen molar-refractivity contribution in [2.45, 2.75) is 52.7 Å². The number of anilines is 2. The Balaban J connectivity index is 1.85. The minimum absolute atomic E-state index is 0.113. The van der Waals surface area contributed by atoms with Crippen LogP contribution in [0.5, 0.6) is 5.75 Å². The minimum atomic E-state index is -0.171. The van der Waals surface area contributed by atoms with E-state index >= 15 is 0 Å². The predicted molar refractivity (Wildman–Crippen MR) is 118 cm³/mol. The lowest BCUT2D eigenvalue weighted by Gasteiger charge is -2.14. The fourth-order valence-electron chi connectivity index (χ4n) is 2.50. The lowest BCUT2D eigenvalue weighted by molar-refractivity contribution is -0.114. The van der Waals surface area contributed by atoms with Crippen LogP contribution in [-0.2, 0) is 4.79 Å². The Bertz CT molecular complexity index is 805. The van der Waals surface area contributed by atoms with Gasteiger partial charge in [0.05, 0.1) is 12.6 Å². The van der Waals surface area contributed by atoms with Gasteiger partial charge in [0, 0.05) is 29.0 Å². The van der Waals surface area contributed by atoms with Crippen molar-refractivity contribution in [2.75, 3.05) is 17.2 Å². The Morgan fingerprint density at radius 2 is 1.69 bits per heavy atom. The van der Waals surface area contributed by atoms with Crippen LogP contribution in [-0.4, -0.2) is 30.5 Å². The van der Waals surface area contributed by atoms with Gasteiger partial charge in [-0.05, 0) is 63.1 Å². The highest BCUT2D eigenvalue weighted by Gasteiger charge is 2.09. The van der Waals surface area contributed by atoms with Crippen molar-refractivity contribution >= 4 is 23.2 Å². The number of benzene rings is 2. The molecular weight excluding hydrogens is 366 g/mol. The summed E-state index contributed by atoms with van der Waals surface area (Å²) in [5, 5.41) is 8.84. The van der Waals surface area contributed by atoms with Gasteiger partial charge in [-0.3, -0.25) is 9.59 Å². The van der Waals surface area contributed by atoms with Crippen molar-refractivity contribution in [1.82, 2.24) is 5.32 Å². The second kappa shape index (κ2) is 11.1. The zero-order valence-corrected chi connectivity index (χ0v) is 17.6. The average Bonchev–Trinajstić information content (AvgIpc) is 2.72. The molecule has 0 aliphatic heterocycles. The second-order valence-electron chi connectivity index (χ2n) is 7.13. The minimum Gasteiger partial charge on any atom is -0.491 e. The van der Waals surface area contributed by atoms with E-state index in [0.717, 1.165) is 24.3 Å². The van der Waals surface area contributed by atoms with Crippen molar-refractivity contribution in [2.24, 2.45) is 0 Å². The van der Waals surface area contributed by atoms with Crippen LogP contribution in [0.25, 0.3) is 0 Å². The summed E-state index contributed by atoms with van der Waals surface area (Å²) in [5.41, 5.74) is 2.03. The maximum Gasteiger partial charge on any atom is 0.251 e. The number of nitrogens with one attached hydrogen (secondary N) is 3. The molecule has 0 bridgehead atoms. The number of amides is 2. The van der Waals surface area contributed by atoms with Crippen molar-refractivity contribution in [3.63, 3.8) is 0 Å². The molecule has 2 rings (SSSR count). The Morgan fingerprint density at radius 1 is 0.966 bits per heavy atom. The molecule has 2 unspecified atom stereocenters. The summed E-state index contributed by atoms with van der Waals surface area (Å²) in [7, 11) is 0. The maximum atomic E-state index is 12.2. The van der Waals surface area contributed by atoms with E-state index in [1.165, 1.54) is 0 Å². The summed E-state index contributed by atoms with van der Waals surface area (Å²) in [6.07, 6.45) is 1.95. The van der Waals surface area contributed by atoms with Gasteiger partial charge in [-0.15, -0.1) is 0 Å². The van der Waals surface area contributed by atoms with E-state index in [9.17, 15) is 9.59 Å². The van der Waals surface area contributed by atoms with Gasteiger partial charge in [0.15, 0.2) is 0 Å². The molecule has 2 atom stereocenters. The summed E-state index contributed by atoms with van der Waals surface area (Å²) < 4.78 is 5.79. The first kappa shape index (κ1) is 22.3. The molecule has 0 heterocycles. The van der Waals surface area contributed by atoms with Crippen LogP contribution in [0.2, 0.25) is 0 Å². The number of carbonyl (C=O) groups is 2. The van der Waals surface area contributed by atoms with Gasteiger partial charge >= 0.3 is 0 Å². The van der Waals surface area contributed by atoms with E-state index in [0.29, 0.717) is 11.3 Å². The molecule has 0 spiro atoms. The van der Waals surface area contributed by atoms with Crippen LogP contribution in [0.1, 0.15) is 50.9 Å². The first-order valence-corrected chi connectivity index (χ1v) is 10.1. The van der Waals surface area contributed by atoms with Crippen LogP contribution in [0, 0.1) is 0 Å². The van der Waals surface area contributed by atoms with Crippen LogP contribution < -0.4 is 20.7 Å². The van der Waals surface area contributed by atoms with E-state index in [2.05, 4.69) is 22.9 Å². The molecule has 0 radical (unpaired) electrons. The molecule has 0 fully saturated rings. The average molecular weight is 398 g/mol. The molecule has 6 heteroatoms. The predicted octanol–water partition coefficient (Wildman–Crippen LogP) is 4.44. The summed E-state index contributed by atoms with van der Waals surface area (Å²) >= 11 is 0. The smallest absolute Gasteiger partial charge is 0.251 e. The third kappa shape index (κ3) is 7.49. The van der Waals surface area contributed by atoms with E-state index in [-0.39, 0.29) is 30.5 Å². The van der Waals surface area contributed by atoms with Gasteiger partial charge in [-0.1, -0.05) is 19.9 Å². The van der Waals surface area contributed by atoms with E-state index in [1.54, 1.807) is 24.3 Å². The number of hydrogen-bond donors (Lipinski definition) is 3. The molecule has 2 amide bonds. The summed E-state index contributed by atoms with van der Waals surface area (Å²) in [4.78, 5) is 24.3. The molecule has 0 aromatic heterocycles. The molecule has 156 valence electrons. The van der Waals surface area contributed by atoms with Gasteiger partial charge in [-0.25, -0.2) is 0 Å². The van der Waals surface area contributed by atoms with Crippen molar-refractivity contribution in [3.8, 4) is 5.75 Å². The van der Waals surface area contributed by atoms with E-state index < -0.39 is 0 Å². The Morgan fingerprint density at radius 3 is 2.34 bits per heavy atom. The zero-order chi connectivity index (χ0) is 21.2. The first-order chi connectivity index (χ1) is 13.9. The molecule has 6 nitrogen and oxygen atoms in total. The fourth-order valence-corrected chi connectivity index (χ4v) is 2.50. The van der Waals surface area contributed by atoms with Crippen molar-refractivity contribution in [1.29, 1.82) is 0 Å². The van der Waals surface area contributed by atoms with Gasteiger partial charge in [-0.2, -0.15) is 0 Å². The monoisotopic (exact) mass is 397 g/mol. The van der Waals surface area contributed by atoms with Crippen LogP contribution in [0.15, 0.2) is 48.5 Å². The lowest BCUT2D eigenvalue weighted by Crippen LogP contribution is -2.31. The third-order valence-electron chi connectivity index (χ3n) is 4.62. The van der Waals surface area contributed by atoms with Gasteiger partial charge in [0.2, 0.25) is 5.91 Å². The highest BCUT2D eigenvalue weighted by Crippen LogP contribution is 2.19. The molecule has 0 saturated heterocycles. The molecule has 2 aromatic carbocycles. The third-order valence-corrected chi connectivity index (χ3v) is 4.62. The number of rotatable bonds is 10. The highest BCUT2D eigenvalue weighted by molar-refractivity contribution is 5.96. The van der Waals surface area contributed by atoms with Crippen LogP contribution in [0.3, 0.4) is 0 Å². The number of carbonyl (C=O) groups excluding carboxylic acids is 2. The van der Waals surface area contributed by atoms with Crippen LogP contribution in [0.4, 0.5) is 11.4 Å². The molecule has 29 heavy (non-hydrogen) atoms.